The summed E-state index contributed by atoms with van der Waals surface area (Å²) >= 11 is 4.68. The fourth-order valence-corrected chi connectivity index (χ4v) is 3.84. The molecule has 29 heavy (non-hydrogen) atoms. The second-order valence-electron chi connectivity index (χ2n) is 6.47. The summed E-state index contributed by atoms with van der Waals surface area (Å²) in [6.45, 7) is -1.29. The highest BCUT2D eigenvalue weighted by molar-refractivity contribution is 9.10. The van der Waals surface area contributed by atoms with E-state index in [2.05, 4.69) is 31.0 Å². The number of carbonyl (C=O) groups excluding carboxylic acids is 2. The first-order chi connectivity index (χ1) is 13.7. The number of anilines is 1. The average Bonchev–Trinajstić information content (AvgIpc) is 3.14. The number of halogens is 4. The Morgan fingerprint density at radius 1 is 1.24 bits per heavy atom. The molecule has 1 aliphatic heterocycles. The van der Waals surface area contributed by atoms with Gasteiger partial charge in [-0.25, -0.2) is 9.78 Å². The maximum absolute atomic E-state index is 12.5. The zero-order chi connectivity index (χ0) is 21.0. The SMILES string of the molecule is O=C(Nc1nc(-c2ccc(Br)cc2)cs1)C1CCN(C(=O)OCC(F)(F)F)CC1. The number of rotatable bonds is 4. The van der Waals surface area contributed by atoms with Gasteiger partial charge in [0.15, 0.2) is 11.7 Å². The van der Waals surface area contributed by atoms with Crippen LogP contribution in [-0.2, 0) is 9.53 Å². The van der Waals surface area contributed by atoms with E-state index >= 15 is 0 Å². The Morgan fingerprint density at radius 2 is 1.90 bits per heavy atom. The van der Waals surface area contributed by atoms with Crippen molar-refractivity contribution in [1.82, 2.24) is 9.88 Å². The Kier molecular flexibility index (Phi) is 6.78. The van der Waals surface area contributed by atoms with Crippen molar-refractivity contribution < 1.29 is 27.5 Å². The zero-order valence-electron chi connectivity index (χ0n) is 15.0. The molecule has 1 aromatic carbocycles. The van der Waals surface area contributed by atoms with Gasteiger partial charge in [0.1, 0.15) is 0 Å². The van der Waals surface area contributed by atoms with Gasteiger partial charge in [-0.1, -0.05) is 28.1 Å². The molecule has 0 atom stereocenters. The number of piperidine rings is 1. The van der Waals surface area contributed by atoms with Crippen LogP contribution in [0.3, 0.4) is 0 Å². The third kappa shape index (κ3) is 6.17. The number of nitrogens with one attached hydrogen (secondary N) is 1. The molecule has 1 aromatic heterocycles. The molecule has 0 saturated carbocycles. The molecule has 6 nitrogen and oxygen atoms in total. The van der Waals surface area contributed by atoms with E-state index in [0.29, 0.717) is 18.0 Å². The average molecular weight is 492 g/mol. The van der Waals surface area contributed by atoms with E-state index < -0.39 is 18.9 Å². The molecule has 2 aromatic rings. The summed E-state index contributed by atoms with van der Waals surface area (Å²) in [5, 5.41) is 5.10. The van der Waals surface area contributed by atoms with E-state index in [1.54, 1.807) is 0 Å². The normalized spacial score (nSPS) is 15.2. The highest BCUT2D eigenvalue weighted by atomic mass is 79.9. The molecule has 3 rings (SSSR count). The molecular weight excluding hydrogens is 475 g/mol. The summed E-state index contributed by atoms with van der Waals surface area (Å²) in [5.74, 6) is -0.563. The fraction of sp³-hybridized carbons (Fsp3) is 0.389. The van der Waals surface area contributed by atoms with Gasteiger partial charge in [0.25, 0.3) is 0 Å². The first-order valence-corrected chi connectivity index (χ1v) is 10.4. The van der Waals surface area contributed by atoms with Crippen LogP contribution in [0.1, 0.15) is 12.8 Å². The topological polar surface area (TPSA) is 71.5 Å². The van der Waals surface area contributed by atoms with E-state index in [1.165, 1.54) is 16.2 Å². The van der Waals surface area contributed by atoms with Crippen LogP contribution in [0.2, 0.25) is 0 Å². The van der Waals surface area contributed by atoms with E-state index in [-0.39, 0.29) is 24.9 Å². The summed E-state index contributed by atoms with van der Waals surface area (Å²) in [7, 11) is 0. The molecule has 1 aliphatic rings. The van der Waals surface area contributed by atoms with Crippen molar-refractivity contribution in [1.29, 1.82) is 0 Å². The number of carbonyl (C=O) groups is 2. The van der Waals surface area contributed by atoms with Gasteiger partial charge in [-0.15, -0.1) is 11.3 Å². The van der Waals surface area contributed by atoms with Crippen molar-refractivity contribution in [3.63, 3.8) is 0 Å². The molecule has 0 radical (unpaired) electrons. The largest absolute Gasteiger partial charge is 0.440 e. The number of benzene rings is 1. The van der Waals surface area contributed by atoms with Crippen LogP contribution in [0.4, 0.5) is 23.1 Å². The third-order valence-corrected chi connectivity index (χ3v) is 5.64. The minimum Gasteiger partial charge on any atom is -0.440 e. The first kappa shape index (κ1) is 21.6. The fourth-order valence-electron chi connectivity index (χ4n) is 2.85. The van der Waals surface area contributed by atoms with Crippen molar-refractivity contribution in [3.8, 4) is 11.3 Å². The molecule has 1 N–H and O–H groups in total. The lowest BCUT2D eigenvalue weighted by molar-refractivity contribution is -0.162. The molecule has 2 heterocycles. The molecule has 0 unspecified atom stereocenters. The van der Waals surface area contributed by atoms with Crippen molar-refractivity contribution in [2.45, 2.75) is 19.0 Å². The van der Waals surface area contributed by atoms with Gasteiger partial charge < -0.3 is 15.0 Å². The van der Waals surface area contributed by atoms with Crippen molar-refractivity contribution in [3.05, 3.63) is 34.1 Å². The monoisotopic (exact) mass is 491 g/mol. The number of aromatic nitrogens is 1. The first-order valence-electron chi connectivity index (χ1n) is 8.72. The minimum absolute atomic E-state index is 0.163. The maximum Gasteiger partial charge on any atom is 0.422 e. The Morgan fingerprint density at radius 3 is 2.52 bits per heavy atom. The van der Waals surface area contributed by atoms with Crippen LogP contribution in [-0.4, -0.2) is 47.8 Å². The number of likely N-dealkylation sites (tertiary alicyclic amines) is 1. The quantitative estimate of drug-likeness (QED) is 0.658. The molecule has 0 bridgehead atoms. The van der Waals surface area contributed by atoms with Gasteiger partial charge in [-0.2, -0.15) is 13.2 Å². The van der Waals surface area contributed by atoms with Gasteiger partial charge in [-0.05, 0) is 25.0 Å². The number of hydrogen-bond acceptors (Lipinski definition) is 5. The van der Waals surface area contributed by atoms with Crippen LogP contribution in [0.25, 0.3) is 11.3 Å². The number of amides is 2. The number of nitrogens with zero attached hydrogens (tertiary/aromatic N) is 2. The smallest absolute Gasteiger partial charge is 0.422 e. The standard InChI is InChI=1S/C18H17BrF3N3O3S/c19-13-3-1-11(2-4-13)14-9-29-16(23-14)24-15(26)12-5-7-25(8-6-12)17(27)28-10-18(20,21)22/h1-4,9,12H,5-8,10H2,(H,23,24,26). The van der Waals surface area contributed by atoms with Gasteiger partial charge in [0.2, 0.25) is 5.91 Å². The molecular formula is C18H17BrF3N3O3S. The predicted molar refractivity (Wildman–Crippen MR) is 106 cm³/mol. The van der Waals surface area contributed by atoms with E-state index in [4.69, 9.17) is 0 Å². The van der Waals surface area contributed by atoms with E-state index in [1.807, 2.05) is 29.6 Å². The highest BCUT2D eigenvalue weighted by Crippen LogP contribution is 2.27. The number of alkyl halides is 3. The zero-order valence-corrected chi connectivity index (χ0v) is 17.4. The summed E-state index contributed by atoms with van der Waals surface area (Å²) in [6, 6.07) is 7.64. The molecule has 11 heteroatoms. The lowest BCUT2D eigenvalue weighted by Gasteiger charge is -2.30. The lowest BCUT2D eigenvalue weighted by Crippen LogP contribution is -2.42. The molecule has 156 valence electrons. The Hall–Kier alpha value is -2.14. The van der Waals surface area contributed by atoms with Gasteiger partial charge >= 0.3 is 12.3 Å². The predicted octanol–water partition coefficient (Wildman–Crippen LogP) is 4.92. The van der Waals surface area contributed by atoms with E-state index in [9.17, 15) is 22.8 Å². The molecule has 1 fully saturated rings. The Labute approximate surface area is 177 Å². The highest BCUT2D eigenvalue weighted by Gasteiger charge is 2.33. The van der Waals surface area contributed by atoms with Gasteiger partial charge in [0.05, 0.1) is 5.69 Å². The molecule has 0 spiro atoms. The third-order valence-electron chi connectivity index (χ3n) is 4.36. The summed E-state index contributed by atoms with van der Waals surface area (Å²) in [5.41, 5.74) is 1.68. The summed E-state index contributed by atoms with van der Waals surface area (Å²) in [6.07, 6.45) is -4.88. The molecule has 0 aliphatic carbocycles. The number of hydrogen-bond donors (Lipinski definition) is 1. The van der Waals surface area contributed by atoms with Gasteiger partial charge in [-0.3, -0.25) is 4.79 Å². The second-order valence-corrected chi connectivity index (χ2v) is 8.24. The Balaban J connectivity index is 1.49. The van der Waals surface area contributed by atoms with Crippen LogP contribution in [0.5, 0.6) is 0 Å². The maximum atomic E-state index is 12.5. The molecule has 2 amide bonds. The number of thiazole rings is 1. The summed E-state index contributed by atoms with van der Waals surface area (Å²) < 4.78 is 41.6. The van der Waals surface area contributed by atoms with Crippen molar-refractivity contribution in [2.75, 3.05) is 25.0 Å². The van der Waals surface area contributed by atoms with Gasteiger partial charge in [0, 0.05) is 34.4 Å². The number of ether oxygens (including phenoxy) is 1. The lowest BCUT2D eigenvalue weighted by atomic mass is 9.96. The van der Waals surface area contributed by atoms with Crippen LogP contribution in [0.15, 0.2) is 34.1 Å². The van der Waals surface area contributed by atoms with Crippen LogP contribution >= 0.6 is 27.3 Å². The Bertz CT molecular complexity index is 865. The summed E-state index contributed by atoms with van der Waals surface area (Å²) in [4.78, 5) is 29.7. The van der Waals surface area contributed by atoms with Crippen LogP contribution in [0, 0.1) is 5.92 Å². The van der Waals surface area contributed by atoms with Crippen molar-refractivity contribution in [2.24, 2.45) is 5.92 Å². The van der Waals surface area contributed by atoms with Crippen LogP contribution < -0.4 is 5.32 Å². The van der Waals surface area contributed by atoms with Crippen molar-refractivity contribution >= 4 is 44.4 Å². The second kappa shape index (κ2) is 9.12. The molecule has 1 saturated heterocycles. The van der Waals surface area contributed by atoms with E-state index in [0.717, 1.165) is 15.7 Å². The minimum atomic E-state index is -4.56.